The molecule has 0 aromatic carbocycles. The largest absolute Gasteiger partial charge is 0.385 e. The van der Waals surface area contributed by atoms with E-state index in [1.807, 2.05) is 0 Å². The smallest absolute Gasteiger partial charge is 0.133 e. The van der Waals surface area contributed by atoms with Crippen LogP contribution < -0.4 is 11.1 Å². The van der Waals surface area contributed by atoms with Gasteiger partial charge >= 0.3 is 0 Å². The van der Waals surface area contributed by atoms with E-state index in [1.54, 1.807) is 13.2 Å². The topological polar surface area (TPSA) is 73.1 Å². The highest BCUT2D eigenvalue weighted by atomic mass is 16.5. The molecule has 1 heterocycles. The summed E-state index contributed by atoms with van der Waals surface area (Å²) in [6.07, 6.45) is 2.87. The van der Waals surface area contributed by atoms with E-state index in [1.165, 1.54) is 0 Å². The Bertz CT molecular complexity index is 393. The number of nitrogens with two attached hydrogens (primary N) is 1. The summed E-state index contributed by atoms with van der Waals surface area (Å²) < 4.78 is 5.13. The summed E-state index contributed by atoms with van der Waals surface area (Å²) in [5, 5.41) is 3.35. The molecule has 0 spiro atoms. The van der Waals surface area contributed by atoms with Gasteiger partial charge in [0.05, 0.1) is 0 Å². The summed E-state index contributed by atoms with van der Waals surface area (Å²) in [4.78, 5) is 8.70. The molecule has 0 saturated carbocycles. The van der Waals surface area contributed by atoms with Gasteiger partial charge in [0, 0.05) is 32.7 Å². The highest BCUT2D eigenvalue weighted by molar-refractivity contribution is 5.44. The fraction of sp³-hybridized carbons (Fsp3) is 0.714. The molecular weight excluding hydrogens is 240 g/mol. The minimum Gasteiger partial charge on any atom is -0.385 e. The Morgan fingerprint density at radius 3 is 2.74 bits per heavy atom. The molecule has 0 fully saturated rings. The minimum absolute atomic E-state index is 0.153. The molecule has 0 radical (unpaired) electrons. The molecular formula is C14H26N4O. The van der Waals surface area contributed by atoms with Crippen LogP contribution in [0.1, 0.15) is 39.4 Å². The van der Waals surface area contributed by atoms with E-state index in [4.69, 9.17) is 10.5 Å². The Labute approximate surface area is 116 Å². The van der Waals surface area contributed by atoms with Gasteiger partial charge in [0.2, 0.25) is 0 Å². The lowest BCUT2D eigenvalue weighted by molar-refractivity contribution is 0.157. The van der Waals surface area contributed by atoms with Crippen LogP contribution in [0.25, 0.3) is 0 Å². The van der Waals surface area contributed by atoms with Gasteiger partial charge in [-0.15, -0.1) is 0 Å². The molecule has 5 heteroatoms. The predicted molar refractivity (Wildman–Crippen MR) is 79.2 cm³/mol. The Morgan fingerprint density at radius 1 is 1.37 bits per heavy atom. The third kappa shape index (κ3) is 5.87. The Balaban J connectivity index is 2.61. The first-order valence-electron chi connectivity index (χ1n) is 6.83. The van der Waals surface area contributed by atoms with Crippen molar-refractivity contribution in [2.45, 2.75) is 40.0 Å². The molecule has 0 amide bonds. The number of anilines is 2. The highest BCUT2D eigenvalue weighted by Gasteiger charge is 2.17. The van der Waals surface area contributed by atoms with Gasteiger partial charge in [0.25, 0.3) is 0 Å². The molecule has 108 valence electrons. The summed E-state index contributed by atoms with van der Waals surface area (Å²) in [7, 11) is 1.73. The monoisotopic (exact) mass is 266 g/mol. The third-order valence-corrected chi connectivity index (χ3v) is 3.00. The molecule has 1 rings (SSSR count). The number of nitrogen functional groups attached to an aromatic ring is 1. The zero-order valence-corrected chi connectivity index (χ0v) is 12.5. The van der Waals surface area contributed by atoms with Crippen LogP contribution in [0.5, 0.6) is 0 Å². The van der Waals surface area contributed by atoms with E-state index < -0.39 is 0 Å². The Hall–Kier alpha value is -1.36. The van der Waals surface area contributed by atoms with Crippen LogP contribution in [0.3, 0.4) is 0 Å². The maximum absolute atomic E-state index is 5.80. The lowest BCUT2D eigenvalue weighted by atomic mass is 9.90. The van der Waals surface area contributed by atoms with Crippen molar-refractivity contribution in [3.8, 4) is 0 Å². The third-order valence-electron chi connectivity index (χ3n) is 3.00. The number of nitrogens with zero attached hydrogens (tertiary/aromatic N) is 2. The second-order valence-electron chi connectivity index (χ2n) is 5.60. The first-order chi connectivity index (χ1) is 8.96. The van der Waals surface area contributed by atoms with Crippen LogP contribution >= 0.6 is 0 Å². The van der Waals surface area contributed by atoms with Crippen molar-refractivity contribution < 1.29 is 4.74 Å². The van der Waals surface area contributed by atoms with E-state index >= 15 is 0 Å². The number of rotatable bonds is 8. The van der Waals surface area contributed by atoms with E-state index in [2.05, 4.69) is 36.1 Å². The molecule has 1 aromatic heterocycles. The first-order valence-corrected chi connectivity index (χ1v) is 6.83. The van der Waals surface area contributed by atoms with Crippen molar-refractivity contribution in [1.29, 1.82) is 0 Å². The fourth-order valence-electron chi connectivity index (χ4n) is 1.74. The molecule has 0 bridgehead atoms. The Kier molecular flexibility index (Phi) is 6.02. The molecule has 19 heavy (non-hydrogen) atoms. The van der Waals surface area contributed by atoms with Crippen LogP contribution in [-0.2, 0) is 11.2 Å². The fourth-order valence-corrected chi connectivity index (χ4v) is 1.74. The number of hydrogen-bond acceptors (Lipinski definition) is 5. The van der Waals surface area contributed by atoms with Crippen LogP contribution in [0.15, 0.2) is 6.07 Å². The molecule has 0 aliphatic heterocycles. The molecule has 0 unspecified atom stereocenters. The number of aryl methyl sites for hydroxylation is 1. The van der Waals surface area contributed by atoms with Gasteiger partial charge in [-0.25, -0.2) is 9.97 Å². The quantitative estimate of drug-likeness (QED) is 0.756. The summed E-state index contributed by atoms with van der Waals surface area (Å²) in [5.74, 6) is 2.14. The molecule has 0 aliphatic rings. The van der Waals surface area contributed by atoms with Crippen molar-refractivity contribution in [3.63, 3.8) is 0 Å². The van der Waals surface area contributed by atoms with Crippen molar-refractivity contribution in [2.75, 3.05) is 31.3 Å². The zero-order valence-electron chi connectivity index (χ0n) is 12.5. The lowest BCUT2D eigenvalue weighted by Crippen LogP contribution is -2.25. The number of nitrogens with one attached hydrogen (secondary N) is 1. The minimum atomic E-state index is 0.153. The molecule has 0 aliphatic carbocycles. The second-order valence-corrected chi connectivity index (χ2v) is 5.60. The van der Waals surface area contributed by atoms with Crippen molar-refractivity contribution in [1.82, 2.24) is 9.97 Å². The van der Waals surface area contributed by atoms with Gasteiger partial charge in [0.1, 0.15) is 17.5 Å². The number of hydrogen-bond donors (Lipinski definition) is 2. The van der Waals surface area contributed by atoms with E-state index in [0.29, 0.717) is 5.82 Å². The van der Waals surface area contributed by atoms with E-state index in [-0.39, 0.29) is 5.41 Å². The van der Waals surface area contributed by atoms with E-state index in [9.17, 15) is 0 Å². The number of ether oxygens (including phenoxy) is 1. The average Bonchev–Trinajstić information content (AvgIpc) is 2.34. The summed E-state index contributed by atoms with van der Waals surface area (Å²) in [6.45, 7) is 8.11. The van der Waals surface area contributed by atoms with Crippen molar-refractivity contribution in [2.24, 2.45) is 5.41 Å². The standard InChI is InChI=1S/C14H26N4O/c1-5-6-12-17-11(15)9-13(18-12)16-10-14(2,3)7-8-19-4/h9H,5-8,10H2,1-4H3,(H3,15,16,17,18). The van der Waals surface area contributed by atoms with Crippen molar-refractivity contribution in [3.05, 3.63) is 11.9 Å². The van der Waals surface area contributed by atoms with Gasteiger partial charge in [-0.1, -0.05) is 20.8 Å². The van der Waals surface area contributed by atoms with Crippen LogP contribution in [0.4, 0.5) is 11.6 Å². The molecule has 0 atom stereocenters. The zero-order chi connectivity index (χ0) is 14.3. The SMILES string of the molecule is CCCc1nc(N)cc(NCC(C)(C)CCOC)n1. The highest BCUT2D eigenvalue weighted by Crippen LogP contribution is 2.21. The second kappa shape index (κ2) is 7.28. The molecule has 5 nitrogen and oxygen atoms in total. The van der Waals surface area contributed by atoms with Gasteiger partial charge < -0.3 is 15.8 Å². The summed E-state index contributed by atoms with van der Waals surface area (Å²) >= 11 is 0. The van der Waals surface area contributed by atoms with Gasteiger partial charge in [-0.2, -0.15) is 0 Å². The van der Waals surface area contributed by atoms with E-state index in [0.717, 1.165) is 44.1 Å². The number of aromatic nitrogens is 2. The maximum atomic E-state index is 5.80. The predicted octanol–water partition coefficient (Wildman–Crippen LogP) is 2.49. The normalized spacial score (nSPS) is 11.6. The lowest BCUT2D eigenvalue weighted by Gasteiger charge is -2.25. The Morgan fingerprint density at radius 2 is 2.11 bits per heavy atom. The molecule has 0 saturated heterocycles. The molecule has 1 aromatic rings. The van der Waals surface area contributed by atoms with Crippen LogP contribution in [0, 0.1) is 5.41 Å². The summed E-state index contributed by atoms with van der Waals surface area (Å²) in [5.41, 5.74) is 5.95. The summed E-state index contributed by atoms with van der Waals surface area (Å²) in [6, 6.07) is 1.78. The number of methoxy groups -OCH3 is 1. The van der Waals surface area contributed by atoms with Gasteiger partial charge in [-0.3, -0.25) is 0 Å². The first kappa shape index (κ1) is 15.7. The van der Waals surface area contributed by atoms with Gasteiger partial charge in [0.15, 0.2) is 0 Å². The molecule has 3 N–H and O–H groups in total. The average molecular weight is 266 g/mol. The van der Waals surface area contributed by atoms with Crippen molar-refractivity contribution >= 4 is 11.6 Å². The van der Waals surface area contributed by atoms with Crippen LogP contribution in [-0.4, -0.2) is 30.2 Å². The van der Waals surface area contributed by atoms with Crippen LogP contribution in [0.2, 0.25) is 0 Å². The van der Waals surface area contributed by atoms with Gasteiger partial charge in [-0.05, 0) is 18.3 Å². The maximum Gasteiger partial charge on any atom is 0.133 e.